The highest BCUT2D eigenvalue weighted by atomic mass is 16.5. The predicted octanol–water partition coefficient (Wildman–Crippen LogP) is 1.71. The Morgan fingerprint density at radius 1 is 1.16 bits per heavy atom. The van der Waals surface area contributed by atoms with Crippen molar-refractivity contribution in [2.45, 2.75) is 57.4 Å². The third-order valence-electron chi connectivity index (χ3n) is 4.55. The quantitative estimate of drug-likeness (QED) is 0.814. The van der Waals surface area contributed by atoms with Crippen LogP contribution in [0.2, 0.25) is 0 Å². The van der Waals surface area contributed by atoms with Gasteiger partial charge >= 0.3 is 5.97 Å². The molecule has 0 aromatic carbocycles. The van der Waals surface area contributed by atoms with Crippen LogP contribution in [0.15, 0.2) is 0 Å². The number of hydrogen-bond acceptors (Lipinski definition) is 3. The number of aliphatic carboxylic acids is 1. The van der Waals surface area contributed by atoms with Gasteiger partial charge < -0.3 is 15.2 Å². The van der Waals surface area contributed by atoms with Gasteiger partial charge in [-0.05, 0) is 32.6 Å². The van der Waals surface area contributed by atoms with Crippen LogP contribution in [0.3, 0.4) is 0 Å². The van der Waals surface area contributed by atoms with Crippen LogP contribution in [0.4, 0.5) is 0 Å². The molecule has 0 radical (unpaired) electrons. The average Bonchev–Trinajstić information content (AvgIpc) is 2.78. The topological polar surface area (TPSA) is 75.6 Å². The fourth-order valence-electron chi connectivity index (χ4n) is 3.15. The Kier molecular flexibility index (Phi) is 4.13. The number of carbonyl (C=O) groups is 2. The predicted molar refractivity (Wildman–Crippen MR) is 69.8 cm³/mol. The van der Waals surface area contributed by atoms with Gasteiger partial charge in [0.2, 0.25) is 5.91 Å². The summed E-state index contributed by atoms with van der Waals surface area (Å²) in [6, 6.07) is 0. The summed E-state index contributed by atoms with van der Waals surface area (Å²) in [6.45, 7) is 3.32. The maximum Gasteiger partial charge on any atom is 0.310 e. The van der Waals surface area contributed by atoms with Crippen molar-refractivity contribution in [3.05, 3.63) is 0 Å². The first-order valence-corrected chi connectivity index (χ1v) is 7.08. The molecule has 0 aromatic heterocycles. The molecule has 2 aliphatic rings. The fraction of sp³-hybridized carbons (Fsp3) is 0.857. The number of nitrogens with one attached hydrogen (secondary N) is 1. The molecule has 0 bridgehead atoms. The summed E-state index contributed by atoms with van der Waals surface area (Å²) in [5.41, 5.74) is -1.07. The van der Waals surface area contributed by atoms with Gasteiger partial charge in [0.1, 0.15) is 0 Å². The van der Waals surface area contributed by atoms with Gasteiger partial charge in [0, 0.05) is 25.2 Å². The molecule has 1 saturated carbocycles. The van der Waals surface area contributed by atoms with Gasteiger partial charge in [-0.25, -0.2) is 0 Å². The largest absolute Gasteiger partial charge is 0.481 e. The van der Waals surface area contributed by atoms with E-state index in [1.165, 1.54) is 0 Å². The SMILES string of the molecule is CC1(NC(=O)CC2(C(=O)O)CCCC2)CCOCC1. The van der Waals surface area contributed by atoms with Crippen molar-refractivity contribution >= 4 is 11.9 Å². The van der Waals surface area contributed by atoms with Crippen molar-refractivity contribution < 1.29 is 19.4 Å². The van der Waals surface area contributed by atoms with E-state index >= 15 is 0 Å². The first-order valence-electron chi connectivity index (χ1n) is 7.08. The minimum Gasteiger partial charge on any atom is -0.481 e. The normalized spacial score (nSPS) is 24.9. The molecule has 5 heteroatoms. The Labute approximate surface area is 113 Å². The second kappa shape index (κ2) is 5.49. The first kappa shape index (κ1) is 14.3. The van der Waals surface area contributed by atoms with Gasteiger partial charge in [0.05, 0.1) is 5.41 Å². The lowest BCUT2D eigenvalue weighted by atomic mass is 9.82. The summed E-state index contributed by atoms with van der Waals surface area (Å²) in [4.78, 5) is 23.6. The standard InChI is InChI=1S/C14H23NO4/c1-13(6-8-19-9-7-13)15-11(16)10-14(12(17)18)4-2-3-5-14/h2-10H2,1H3,(H,15,16)(H,17,18). The first-order chi connectivity index (χ1) is 8.96. The molecule has 108 valence electrons. The number of carboxylic acid groups (broad SMARTS) is 1. The molecule has 0 atom stereocenters. The van der Waals surface area contributed by atoms with Crippen LogP contribution in [-0.2, 0) is 14.3 Å². The number of carbonyl (C=O) groups excluding carboxylic acids is 1. The van der Waals surface area contributed by atoms with E-state index in [1.807, 2.05) is 6.92 Å². The molecule has 1 aliphatic carbocycles. The zero-order valence-corrected chi connectivity index (χ0v) is 11.5. The van der Waals surface area contributed by atoms with Crippen molar-refractivity contribution in [1.82, 2.24) is 5.32 Å². The molecule has 0 unspecified atom stereocenters. The van der Waals surface area contributed by atoms with Gasteiger partial charge in [0.15, 0.2) is 0 Å². The van der Waals surface area contributed by atoms with E-state index in [-0.39, 0.29) is 17.9 Å². The smallest absolute Gasteiger partial charge is 0.310 e. The fourth-order valence-corrected chi connectivity index (χ4v) is 3.15. The maximum absolute atomic E-state index is 12.2. The molecule has 0 aromatic rings. The number of carboxylic acids is 1. The molecule has 0 spiro atoms. The Bertz CT molecular complexity index is 354. The van der Waals surface area contributed by atoms with E-state index < -0.39 is 11.4 Å². The van der Waals surface area contributed by atoms with E-state index in [2.05, 4.69) is 5.32 Å². The van der Waals surface area contributed by atoms with E-state index in [9.17, 15) is 14.7 Å². The minimum atomic E-state index is -0.828. The number of rotatable bonds is 4. The van der Waals surface area contributed by atoms with Crippen LogP contribution in [0, 0.1) is 5.41 Å². The number of hydrogen-bond donors (Lipinski definition) is 2. The molecule has 1 heterocycles. The molecular weight excluding hydrogens is 246 g/mol. The van der Waals surface area contributed by atoms with Gasteiger partial charge in [-0.1, -0.05) is 12.8 Å². The lowest BCUT2D eigenvalue weighted by Crippen LogP contribution is -2.51. The molecule has 1 saturated heterocycles. The lowest BCUT2D eigenvalue weighted by Gasteiger charge is -2.35. The Morgan fingerprint density at radius 2 is 1.74 bits per heavy atom. The monoisotopic (exact) mass is 269 g/mol. The van der Waals surface area contributed by atoms with Crippen LogP contribution < -0.4 is 5.32 Å². The second-order valence-corrected chi connectivity index (χ2v) is 6.19. The van der Waals surface area contributed by atoms with Crippen molar-refractivity contribution in [1.29, 1.82) is 0 Å². The molecule has 5 nitrogen and oxygen atoms in total. The van der Waals surface area contributed by atoms with E-state index in [4.69, 9.17) is 4.74 Å². The molecule has 2 N–H and O–H groups in total. The van der Waals surface area contributed by atoms with Gasteiger partial charge in [-0.3, -0.25) is 9.59 Å². The number of ether oxygens (including phenoxy) is 1. The van der Waals surface area contributed by atoms with Gasteiger partial charge in [-0.15, -0.1) is 0 Å². The van der Waals surface area contributed by atoms with Crippen LogP contribution in [0.5, 0.6) is 0 Å². The average molecular weight is 269 g/mol. The van der Waals surface area contributed by atoms with Crippen molar-refractivity contribution in [2.24, 2.45) is 5.41 Å². The van der Waals surface area contributed by atoms with Crippen molar-refractivity contribution in [3.8, 4) is 0 Å². The molecule has 1 amide bonds. The molecule has 2 fully saturated rings. The highest BCUT2D eigenvalue weighted by Crippen LogP contribution is 2.41. The third-order valence-corrected chi connectivity index (χ3v) is 4.55. The summed E-state index contributed by atoms with van der Waals surface area (Å²) in [5.74, 6) is -0.953. The molecule has 19 heavy (non-hydrogen) atoms. The highest BCUT2D eigenvalue weighted by molar-refractivity contribution is 5.85. The summed E-state index contributed by atoms with van der Waals surface area (Å²) >= 11 is 0. The van der Waals surface area contributed by atoms with Crippen LogP contribution in [0.1, 0.15) is 51.9 Å². The van der Waals surface area contributed by atoms with Crippen molar-refractivity contribution in [2.75, 3.05) is 13.2 Å². The Morgan fingerprint density at radius 3 is 2.26 bits per heavy atom. The van der Waals surface area contributed by atoms with Crippen LogP contribution in [-0.4, -0.2) is 35.7 Å². The van der Waals surface area contributed by atoms with Gasteiger partial charge in [-0.2, -0.15) is 0 Å². The van der Waals surface area contributed by atoms with Crippen molar-refractivity contribution in [3.63, 3.8) is 0 Å². The third kappa shape index (κ3) is 3.26. The van der Waals surface area contributed by atoms with Crippen LogP contribution in [0.25, 0.3) is 0 Å². The summed E-state index contributed by atoms with van der Waals surface area (Å²) in [6.07, 6.45) is 4.75. The zero-order chi connectivity index (χ0) is 13.9. The minimum absolute atomic E-state index is 0.110. The maximum atomic E-state index is 12.2. The molecule has 1 aliphatic heterocycles. The van der Waals surface area contributed by atoms with E-state index in [1.54, 1.807) is 0 Å². The van der Waals surface area contributed by atoms with E-state index in [0.29, 0.717) is 26.1 Å². The summed E-state index contributed by atoms with van der Waals surface area (Å²) < 4.78 is 5.29. The van der Waals surface area contributed by atoms with Crippen LogP contribution >= 0.6 is 0 Å². The lowest BCUT2D eigenvalue weighted by molar-refractivity contribution is -0.152. The highest BCUT2D eigenvalue weighted by Gasteiger charge is 2.43. The Balaban J connectivity index is 1.94. The Hall–Kier alpha value is -1.10. The summed E-state index contributed by atoms with van der Waals surface area (Å²) in [5, 5.41) is 12.4. The van der Waals surface area contributed by atoms with Gasteiger partial charge in [0.25, 0.3) is 0 Å². The molecule has 2 rings (SSSR count). The van der Waals surface area contributed by atoms with E-state index in [0.717, 1.165) is 25.7 Å². The molecular formula is C14H23NO4. The summed E-state index contributed by atoms with van der Waals surface area (Å²) in [7, 11) is 0. The number of amides is 1. The second-order valence-electron chi connectivity index (χ2n) is 6.19. The zero-order valence-electron chi connectivity index (χ0n) is 11.5.